The summed E-state index contributed by atoms with van der Waals surface area (Å²) in [6.45, 7) is 1.68. The average Bonchev–Trinajstić information content (AvgIpc) is 2.43. The number of nitrogens with zero attached hydrogens (tertiary/aromatic N) is 1. The highest BCUT2D eigenvalue weighted by Gasteiger charge is 2.25. The summed E-state index contributed by atoms with van der Waals surface area (Å²) in [6.07, 6.45) is -0.0359. The van der Waals surface area contributed by atoms with Gasteiger partial charge in [0.1, 0.15) is 0 Å². The number of carbonyl (C=O) groups is 2. The van der Waals surface area contributed by atoms with E-state index in [1.807, 2.05) is 0 Å². The van der Waals surface area contributed by atoms with Crippen molar-refractivity contribution in [1.82, 2.24) is 0 Å². The highest BCUT2D eigenvalue weighted by atomic mass is 16.5. The van der Waals surface area contributed by atoms with Crippen molar-refractivity contribution in [2.75, 3.05) is 7.11 Å². The van der Waals surface area contributed by atoms with Crippen molar-refractivity contribution in [3.63, 3.8) is 0 Å². The molecule has 1 aromatic carbocycles. The summed E-state index contributed by atoms with van der Waals surface area (Å²) >= 11 is 0. The van der Waals surface area contributed by atoms with Crippen molar-refractivity contribution in [2.24, 2.45) is 4.99 Å². The quantitative estimate of drug-likeness (QED) is 0.810. The fraction of sp³-hybridized carbons (Fsp3) is 0.214. The molecule has 0 aliphatic carbocycles. The lowest BCUT2D eigenvalue weighted by Gasteiger charge is -2.16. The molecule has 1 N–H and O–H groups in total. The van der Waals surface area contributed by atoms with Crippen LogP contribution in [-0.2, 0) is 9.53 Å². The fourth-order valence-electron chi connectivity index (χ4n) is 1.91. The number of carbonyl (C=O) groups excluding carboxylic acids is 2. The van der Waals surface area contributed by atoms with Crippen molar-refractivity contribution in [2.45, 2.75) is 13.0 Å². The van der Waals surface area contributed by atoms with Crippen molar-refractivity contribution >= 4 is 23.5 Å². The first-order chi connectivity index (χ1) is 9.04. The van der Waals surface area contributed by atoms with E-state index in [4.69, 9.17) is 0 Å². The molecule has 2 rings (SSSR count). The first-order valence-electron chi connectivity index (χ1n) is 5.70. The molecule has 0 amide bonds. The van der Waals surface area contributed by atoms with E-state index in [-0.39, 0.29) is 0 Å². The zero-order chi connectivity index (χ0) is 14.0. The van der Waals surface area contributed by atoms with Gasteiger partial charge in [0.15, 0.2) is 11.9 Å². The highest BCUT2D eigenvalue weighted by molar-refractivity contribution is 6.29. The Morgan fingerprint density at radius 3 is 2.84 bits per heavy atom. The third-order valence-electron chi connectivity index (χ3n) is 2.86. The predicted octanol–water partition coefficient (Wildman–Crippen LogP) is 1.22. The fourth-order valence-corrected chi connectivity index (χ4v) is 1.91. The van der Waals surface area contributed by atoms with E-state index in [2.05, 4.69) is 9.73 Å². The molecule has 1 atom stereocenters. The van der Waals surface area contributed by atoms with E-state index in [1.165, 1.54) is 13.3 Å². The van der Waals surface area contributed by atoms with Crippen LogP contribution in [0.4, 0.5) is 0 Å². The van der Waals surface area contributed by atoms with Crippen LogP contribution in [0.1, 0.15) is 22.8 Å². The number of Topliss-reactive ketones (excluding diaryl/α,β-unsaturated/α-hetero) is 1. The molecule has 1 unspecified atom stereocenters. The van der Waals surface area contributed by atoms with Crippen LogP contribution in [0.25, 0.3) is 5.57 Å². The van der Waals surface area contributed by atoms with Gasteiger partial charge in [-0.05, 0) is 24.6 Å². The molecular weight excluding hydrogens is 246 g/mol. The van der Waals surface area contributed by atoms with Gasteiger partial charge in [-0.1, -0.05) is 12.1 Å². The van der Waals surface area contributed by atoms with E-state index in [0.717, 1.165) is 0 Å². The number of aliphatic hydroxyl groups excluding tert-OH is 1. The van der Waals surface area contributed by atoms with Gasteiger partial charge in [-0.3, -0.25) is 9.79 Å². The van der Waals surface area contributed by atoms with Gasteiger partial charge in [0.2, 0.25) is 0 Å². The van der Waals surface area contributed by atoms with E-state index in [9.17, 15) is 14.7 Å². The van der Waals surface area contributed by atoms with Crippen LogP contribution >= 0.6 is 0 Å². The molecule has 0 bridgehead atoms. The number of benzene rings is 1. The zero-order valence-corrected chi connectivity index (χ0v) is 10.6. The maximum Gasteiger partial charge on any atom is 0.337 e. The maximum absolute atomic E-state index is 12.0. The smallest absolute Gasteiger partial charge is 0.337 e. The number of ketones is 1. The van der Waals surface area contributed by atoms with Crippen LogP contribution in [0.3, 0.4) is 0 Å². The Balaban J connectivity index is 2.50. The Morgan fingerprint density at radius 1 is 1.42 bits per heavy atom. The molecule has 5 nitrogen and oxygen atoms in total. The van der Waals surface area contributed by atoms with Crippen LogP contribution in [0.15, 0.2) is 35.0 Å². The number of rotatable bonds is 2. The molecule has 5 heteroatoms. The van der Waals surface area contributed by atoms with E-state index < -0.39 is 17.9 Å². The Morgan fingerprint density at radius 2 is 2.16 bits per heavy atom. The average molecular weight is 259 g/mol. The van der Waals surface area contributed by atoms with Gasteiger partial charge in [0.25, 0.3) is 0 Å². The summed E-state index contributed by atoms with van der Waals surface area (Å²) in [7, 11) is 1.29. The minimum absolute atomic E-state index is 0.320. The van der Waals surface area contributed by atoms with Crippen molar-refractivity contribution in [3.05, 3.63) is 41.1 Å². The molecule has 1 aromatic rings. The second kappa shape index (κ2) is 5.16. The van der Waals surface area contributed by atoms with Crippen LogP contribution < -0.4 is 0 Å². The second-order valence-corrected chi connectivity index (χ2v) is 4.12. The minimum atomic E-state index is -1.24. The lowest BCUT2D eigenvalue weighted by molar-refractivity contribution is -0.118. The van der Waals surface area contributed by atoms with E-state index in [1.54, 1.807) is 31.2 Å². The van der Waals surface area contributed by atoms with Gasteiger partial charge in [-0.2, -0.15) is 0 Å². The molecule has 0 fully saturated rings. The summed E-state index contributed by atoms with van der Waals surface area (Å²) in [5.41, 5.74) is 1.72. The summed E-state index contributed by atoms with van der Waals surface area (Å²) in [5.74, 6) is -0.901. The van der Waals surface area contributed by atoms with Crippen molar-refractivity contribution < 1.29 is 19.4 Å². The second-order valence-electron chi connectivity index (χ2n) is 4.12. The minimum Gasteiger partial charge on any atom is -0.465 e. The van der Waals surface area contributed by atoms with E-state index in [0.29, 0.717) is 22.4 Å². The third kappa shape index (κ3) is 2.46. The zero-order valence-electron chi connectivity index (χ0n) is 10.6. The summed E-state index contributed by atoms with van der Waals surface area (Å²) in [5, 5.41) is 9.53. The first-order valence-corrected chi connectivity index (χ1v) is 5.70. The molecule has 0 aromatic heterocycles. The van der Waals surface area contributed by atoms with Crippen molar-refractivity contribution in [3.8, 4) is 0 Å². The Kier molecular flexibility index (Phi) is 3.57. The SMILES string of the molecule is COC(=O)c1cccc(C2=C(C)N=CC(O)C2=O)c1. The number of aliphatic imine (C=N–C) groups is 1. The van der Waals surface area contributed by atoms with Gasteiger partial charge in [0.05, 0.1) is 12.7 Å². The molecule has 0 saturated carbocycles. The van der Waals surface area contributed by atoms with Crippen LogP contribution in [0.2, 0.25) is 0 Å². The summed E-state index contributed by atoms with van der Waals surface area (Å²) in [4.78, 5) is 27.4. The number of ether oxygens (including phenoxy) is 1. The van der Waals surface area contributed by atoms with Crippen LogP contribution in [0.5, 0.6) is 0 Å². The third-order valence-corrected chi connectivity index (χ3v) is 2.86. The number of allylic oxidation sites excluding steroid dienone is 1. The molecule has 1 aliphatic rings. The van der Waals surface area contributed by atoms with Crippen molar-refractivity contribution in [1.29, 1.82) is 0 Å². The largest absolute Gasteiger partial charge is 0.465 e. The highest BCUT2D eigenvalue weighted by Crippen LogP contribution is 2.25. The number of hydrogen-bond donors (Lipinski definition) is 1. The van der Waals surface area contributed by atoms with Gasteiger partial charge >= 0.3 is 5.97 Å². The summed E-state index contributed by atoms with van der Waals surface area (Å²) in [6, 6.07) is 6.49. The normalized spacial score (nSPS) is 18.7. The molecule has 0 spiro atoms. The van der Waals surface area contributed by atoms with Gasteiger partial charge in [0, 0.05) is 17.5 Å². The lowest BCUT2D eigenvalue weighted by atomic mass is 9.94. The van der Waals surface area contributed by atoms with Gasteiger partial charge in [-0.25, -0.2) is 4.79 Å². The molecular formula is C14H13NO4. The molecule has 0 saturated heterocycles. The number of methoxy groups -OCH3 is 1. The molecule has 0 radical (unpaired) electrons. The Labute approximate surface area is 110 Å². The molecule has 1 heterocycles. The lowest BCUT2D eigenvalue weighted by Crippen LogP contribution is -2.26. The van der Waals surface area contributed by atoms with Gasteiger partial charge in [-0.15, -0.1) is 0 Å². The Hall–Kier alpha value is -2.27. The topological polar surface area (TPSA) is 76.0 Å². The van der Waals surface area contributed by atoms with E-state index >= 15 is 0 Å². The Bertz CT molecular complexity index is 601. The maximum atomic E-state index is 12.0. The number of esters is 1. The molecule has 1 aliphatic heterocycles. The molecule has 19 heavy (non-hydrogen) atoms. The number of hydrogen-bond acceptors (Lipinski definition) is 5. The first kappa shape index (κ1) is 13.2. The standard InChI is InChI=1S/C14H13NO4/c1-8-12(13(17)11(16)7-15-8)9-4-3-5-10(6-9)14(18)19-2/h3-7,11,16H,1-2H3. The van der Waals surface area contributed by atoms with Crippen LogP contribution in [0, 0.1) is 0 Å². The predicted molar refractivity (Wildman–Crippen MR) is 69.9 cm³/mol. The van der Waals surface area contributed by atoms with Gasteiger partial charge < -0.3 is 9.84 Å². The van der Waals surface area contributed by atoms with Crippen LogP contribution in [-0.4, -0.2) is 36.3 Å². The monoisotopic (exact) mass is 259 g/mol. The molecule has 98 valence electrons. The number of aliphatic hydroxyl groups is 1. The summed E-state index contributed by atoms with van der Waals surface area (Å²) < 4.78 is 4.63.